The summed E-state index contributed by atoms with van der Waals surface area (Å²) < 4.78 is 5.71. The predicted octanol–water partition coefficient (Wildman–Crippen LogP) is 5.04. The molecule has 3 nitrogen and oxygen atoms in total. The minimum Gasteiger partial charge on any atom is -0.494 e. The van der Waals surface area contributed by atoms with Crippen molar-refractivity contribution in [1.29, 1.82) is 0 Å². The van der Waals surface area contributed by atoms with Gasteiger partial charge in [0.25, 0.3) is 0 Å². The van der Waals surface area contributed by atoms with Crippen LogP contribution < -0.4 is 4.74 Å². The fraction of sp³-hybridized carbons (Fsp3) is 0.579. The van der Waals surface area contributed by atoms with E-state index in [4.69, 9.17) is 9.84 Å². The molecule has 0 aliphatic carbocycles. The van der Waals surface area contributed by atoms with Crippen LogP contribution in [0.1, 0.15) is 63.4 Å². The van der Waals surface area contributed by atoms with Crippen LogP contribution in [-0.4, -0.2) is 17.7 Å². The molecule has 1 rings (SSSR count). The maximum atomic E-state index is 10.4. The normalized spacial score (nSPS) is 10.6. The Balaban J connectivity index is 2.07. The zero-order valence-corrected chi connectivity index (χ0v) is 13.6. The molecule has 1 aromatic carbocycles. The average Bonchev–Trinajstić information content (AvgIpc) is 2.51. The van der Waals surface area contributed by atoms with E-state index in [2.05, 4.69) is 19.1 Å². The zero-order chi connectivity index (χ0) is 16.0. The molecule has 0 heterocycles. The summed E-state index contributed by atoms with van der Waals surface area (Å²) in [4.78, 5) is 10.4. The van der Waals surface area contributed by atoms with Crippen LogP contribution in [-0.2, 0) is 11.2 Å². The van der Waals surface area contributed by atoms with Gasteiger partial charge in [0.05, 0.1) is 6.61 Å². The van der Waals surface area contributed by atoms with Gasteiger partial charge in [-0.05, 0) is 43.4 Å². The molecule has 22 heavy (non-hydrogen) atoms. The molecular weight excluding hydrogens is 276 g/mol. The Morgan fingerprint density at radius 2 is 1.64 bits per heavy atom. The van der Waals surface area contributed by atoms with E-state index in [-0.39, 0.29) is 6.42 Å². The van der Waals surface area contributed by atoms with E-state index in [1.54, 1.807) is 0 Å². The average molecular weight is 305 g/mol. The van der Waals surface area contributed by atoms with E-state index < -0.39 is 5.97 Å². The number of aryl methyl sites for hydroxylation is 1. The molecule has 123 valence electrons. The molecule has 0 amide bonds. The van der Waals surface area contributed by atoms with E-state index in [0.29, 0.717) is 6.61 Å². The Bertz CT molecular complexity index is 398. The monoisotopic (exact) mass is 305 g/mol. The van der Waals surface area contributed by atoms with Crippen LogP contribution in [0.2, 0.25) is 0 Å². The van der Waals surface area contributed by atoms with Gasteiger partial charge in [0.1, 0.15) is 5.75 Å². The number of unbranched alkanes of at least 4 members (excludes halogenated alkanes) is 6. The molecule has 1 radical (unpaired) electrons. The second-order valence-electron chi connectivity index (χ2n) is 5.71. The largest absolute Gasteiger partial charge is 0.494 e. The fourth-order valence-corrected chi connectivity index (χ4v) is 2.36. The molecule has 1 N–H and O–H groups in total. The van der Waals surface area contributed by atoms with Crippen LogP contribution in [0, 0.1) is 6.92 Å². The van der Waals surface area contributed by atoms with Gasteiger partial charge in [-0.25, -0.2) is 0 Å². The first-order valence-electron chi connectivity index (χ1n) is 8.45. The van der Waals surface area contributed by atoms with E-state index >= 15 is 0 Å². The molecule has 0 saturated heterocycles. The number of carboxylic acid groups (broad SMARTS) is 1. The van der Waals surface area contributed by atoms with Crippen molar-refractivity contribution in [3.8, 4) is 5.75 Å². The minimum atomic E-state index is -0.706. The summed E-state index contributed by atoms with van der Waals surface area (Å²) in [5.74, 6) is 0.217. The molecule has 1 aromatic rings. The van der Waals surface area contributed by atoms with Crippen molar-refractivity contribution < 1.29 is 14.6 Å². The third-order valence-corrected chi connectivity index (χ3v) is 3.69. The van der Waals surface area contributed by atoms with Crippen molar-refractivity contribution in [2.24, 2.45) is 0 Å². The SMILES string of the molecule is [CH2]CCCCCc1ccc(OCCCCCCC(=O)O)cc1. The van der Waals surface area contributed by atoms with Crippen molar-refractivity contribution >= 4 is 5.97 Å². The third-order valence-electron chi connectivity index (χ3n) is 3.69. The number of hydrogen-bond donors (Lipinski definition) is 1. The molecule has 0 aromatic heterocycles. The highest BCUT2D eigenvalue weighted by atomic mass is 16.5. The summed E-state index contributed by atoms with van der Waals surface area (Å²) in [6.07, 6.45) is 9.86. The molecule has 0 spiro atoms. The molecule has 0 fully saturated rings. The fourth-order valence-electron chi connectivity index (χ4n) is 2.36. The summed E-state index contributed by atoms with van der Waals surface area (Å²) in [5, 5.41) is 8.54. The van der Waals surface area contributed by atoms with Gasteiger partial charge in [0.2, 0.25) is 0 Å². The lowest BCUT2D eigenvalue weighted by molar-refractivity contribution is -0.137. The van der Waals surface area contributed by atoms with Gasteiger partial charge < -0.3 is 9.84 Å². The topological polar surface area (TPSA) is 46.5 Å². The third kappa shape index (κ3) is 9.43. The lowest BCUT2D eigenvalue weighted by atomic mass is 10.1. The highest BCUT2D eigenvalue weighted by Crippen LogP contribution is 2.15. The molecule has 0 aliphatic heterocycles. The number of ether oxygens (including phenoxy) is 1. The number of hydrogen-bond acceptors (Lipinski definition) is 2. The maximum absolute atomic E-state index is 10.4. The maximum Gasteiger partial charge on any atom is 0.303 e. The van der Waals surface area contributed by atoms with Crippen LogP contribution in [0.3, 0.4) is 0 Å². The Morgan fingerprint density at radius 3 is 2.32 bits per heavy atom. The van der Waals surface area contributed by atoms with Gasteiger partial charge in [0.15, 0.2) is 0 Å². The number of benzene rings is 1. The molecule has 0 bridgehead atoms. The quantitative estimate of drug-likeness (QED) is 0.519. The lowest BCUT2D eigenvalue weighted by Gasteiger charge is -2.07. The van der Waals surface area contributed by atoms with Gasteiger partial charge in [-0.2, -0.15) is 0 Å². The van der Waals surface area contributed by atoms with Gasteiger partial charge in [-0.3, -0.25) is 4.79 Å². The molecule has 3 heteroatoms. The summed E-state index contributed by atoms with van der Waals surface area (Å²) in [5.41, 5.74) is 1.37. The first-order chi connectivity index (χ1) is 10.7. The summed E-state index contributed by atoms with van der Waals surface area (Å²) in [7, 11) is 0. The van der Waals surface area contributed by atoms with Crippen molar-refractivity contribution in [2.75, 3.05) is 6.61 Å². The molecule has 0 unspecified atom stereocenters. The Morgan fingerprint density at radius 1 is 0.955 bits per heavy atom. The predicted molar refractivity (Wildman–Crippen MR) is 90.2 cm³/mol. The Hall–Kier alpha value is -1.51. The first-order valence-corrected chi connectivity index (χ1v) is 8.45. The van der Waals surface area contributed by atoms with Gasteiger partial charge in [0, 0.05) is 6.42 Å². The first kappa shape index (κ1) is 18.5. The van der Waals surface area contributed by atoms with Crippen molar-refractivity contribution in [1.82, 2.24) is 0 Å². The number of rotatable bonds is 13. The Labute approximate surface area is 134 Å². The summed E-state index contributed by atoms with van der Waals surface area (Å²) >= 11 is 0. The van der Waals surface area contributed by atoms with Crippen molar-refractivity contribution in [3.05, 3.63) is 36.8 Å². The second kappa shape index (κ2) is 12.1. The van der Waals surface area contributed by atoms with E-state index in [1.807, 2.05) is 12.1 Å². The standard InChI is InChI=1S/C19H29O3/c1-2-3-4-7-10-17-12-14-18(15-13-17)22-16-9-6-5-8-11-19(20)21/h12-15H,1-11,16H2,(H,20,21). The summed E-state index contributed by atoms with van der Waals surface area (Å²) in [6, 6.07) is 8.38. The highest BCUT2D eigenvalue weighted by Gasteiger charge is 1.98. The second-order valence-corrected chi connectivity index (χ2v) is 5.71. The smallest absolute Gasteiger partial charge is 0.303 e. The lowest BCUT2D eigenvalue weighted by Crippen LogP contribution is -1.98. The zero-order valence-electron chi connectivity index (χ0n) is 13.6. The highest BCUT2D eigenvalue weighted by molar-refractivity contribution is 5.66. The van der Waals surface area contributed by atoms with Crippen LogP contribution in [0.15, 0.2) is 24.3 Å². The van der Waals surface area contributed by atoms with Crippen LogP contribution >= 0.6 is 0 Å². The van der Waals surface area contributed by atoms with Crippen molar-refractivity contribution in [2.45, 2.75) is 64.2 Å². The number of carboxylic acids is 1. The van der Waals surface area contributed by atoms with E-state index in [1.165, 1.54) is 24.8 Å². The summed E-state index contributed by atoms with van der Waals surface area (Å²) in [6.45, 7) is 4.56. The molecule has 0 aliphatic rings. The van der Waals surface area contributed by atoms with Crippen molar-refractivity contribution in [3.63, 3.8) is 0 Å². The number of aliphatic carboxylic acids is 1. The molecule has 0 atom stereocenters. The Kier molecular flexibility index (Phi) is 10.2. The van der Waals surface area contributed by atoms with E-state index in [0.717, 1.165) is 44.3 Å². The van der Waals surface area contributed by atoms with E-state index in [9.17, 15) is 4.79 Å². The van der Waals surface area contributed by atoms with Gasteiger partial charge >= 0.3 is 5.97 Å². The molecular formula is C19H29O3. The number of carbonyl (C=O) groups is 1. The van der Waals surface area contributed by atoms with Gasteiger partial charge in [-0.15, -0.1) is 0 Å². The van der Waals surface area contributed by atoms with Crippen LogP contribution in [0.5, 0.6) is 5.75 Å². The van der Waals surface area contributed by atoms with Gasteiger partial charge in [-0.1, -0.05) is 51.2 Å². The molecule has 0 saturated carbocycles. The van der Waals surface area contributed by atoms with Crippen LogP contribution in [0.25, 0.3) is 0 Å². The minimum absolute atomic E-state index is 0.275. The van der Waals surface area contributed by atoms with Crippen LogP contribution in [0.4, 0.5) is 0 Å².